The molecule has 1 saturated heterocycles. The maximum atomic E-state index is 9.55. The number of hydrogen-bond donors (Lipinski definition) is 2. The summed E-state index contributed by atoms with van der Waals surface area (Å²) in [7, 11) is 2.22. The first-order chi connectivity index (χ1) is 17.9. The molecular weight excluding hydrogens is 490 g/mol. The number of piperidine rings is 1. The molecule has 198 valence electrons. The average molecular weight is 526 g/mol. The summed E-state index contributed by atoms with van der Waals surface area (Å²) in [4.78, 5) is 29.1. The molecule has 8 nitrogen and oxygen atoms in total. The van der Waals surface area contributed by atoms with E-state index in [4.69, 9.17) is 19.9 Å². The van der Waals surface area contributed by atoms with Crippen LogP contribution in [0.5, 0.6) is 5.75 Å². The van der Waals surface area contributed by atoms with Gasteiger partial charge >= 0.3 is 11.9 Å². The van der Waals surface area contributed by atoms with Crippen LogP contribution >= 0.6 is 11.8 Å². The van der Waals surface area contributed by atoms with E-state index in [0.29, 0.717) is 18.2 Å². The molecule has 4 rings (SSSR count). The number of aliphatic carboxylic acids is 2. The zero-order valence-electron chi connectivity index (χ0n) is 21.2. The SMILES string of the molecule is CN(C1=Nc2ccccc2CS1)C1CCN(CCCCOc2ccccc2)CC1.O=C(O)C=CC(=O)O. The molecule has 2 aromatic rings. The molecule has 9 heteroatoms. The van der Waals surface area contributed by atoms with Gasteiger partial charge < -0.3 is 24.7 Å². The Morgan fingerprint density at radius 2 is 1.68 bits per heavy atom. The lowest BCUT2D eigenvalue weighted by Gasteiger charge is -2.38. The highest BCUT2D eigenvalue weighted by Gasteiger charge is 2.26. The van der Waals surface area contributed by atoms with Gasteiger partial charge in [0, 0.05) is 44.1 Å². The Balaban J connectivity index is 0.000000414. The molecule has 1 fully saturated rings. The standard InChI is InChI=1S/C24H31N3OS.C4H4O4/c1-26(24-25-23-12-6-5-9-20(23)19-29-24)21-13-16-27(17-14-21)15-7-8-18-28-22-10-3-2-4-11-22;5-3(6)1-2-4(7)8/h2-6,9-12,21H,7-8,13-19H2,1H3;1-2H,(H,5,6)(H,7,8). The van der Waals surface area contributed by atoms with E-state index in [-0.39, 0.29) is 0 Å². The lowest BCUT2D eigenvalue weighted by atomic mass is 10.0. The predicted molar refractivity (Wildman–Crippen MR) is 148 cm³/mol. The number of thioether (sulfide) groups is 1. The molecule has 0 aromatic heterocycles. The highest BCUT2D eigenvalue weighted by molar-refractivity contribution is 8.13. The van der Waals surface area contributed by atoms with E-state index in [1.54, 1.807) is 0 Å². The van der Waals surface area contributed by atoms with Crippen LogP contribution in [0.3, 0.4) is 0 Å². The molecule has 0 unspecified atom stereocenters. The number of fused-ring (bicyclic) bond motifs is 1. The summed E-state index contributed by atoms with van der Waals surface area (Å²) >= 11 is 1.87. The molecule has 0 saturated carbocycles. The van der Waals surface area contributed by atoms with Gasteiger partial charge in [-0.1, -0.05) is 48.2 Å². The van der Waals surface area contributed by atoms with Gasteiger partial charge in [-0.3, -0.25) is 0 Å². The lowest BCUT2D eigenvalue weighted by molar-refractivity contribution is -0.134. The molecule has 2 heterocycles. The van der Waals surface area contributed by atoms with Gasteiger partial charge in [-0.05, 0) is 56.0 Å². The summed E-state index contributed by atoms with van der Waals surface area (Å²) < 4.78 is 5.80. The third kappa shape index (κ3) is 9.93. The number of carboxylic acids is 2. The highest BCUT2D eigenvalue weighted by Crippen LogP contribution is 2.32. The van der Waals surface area contributed by atoms with Crippen LogP contribution in [0.1, 0.15) is 31.2 Å². The van der Waals surface area contributed by atoms with Gasteiger partial charge in [-0.15, -0.1) is 0 Å². The Bertz CT molecular complexity index is 1050. The number of unbranched alkanes of at least 4 members (excludes halogenated alkanes) is 1. The Morgan fingerprint density at radius 3 is 2.35 bits per heavy atom. The third-order valence-electron chi connectivity index (χ3n) is 6.22. The molecule has 2 N–H and O–H groups in total. The van der Waals surface area contributed by atoms with E-state index >= 15 is 0 Å². The number of carboxylic acid groups (broad SMARTS) is 2. The highest BCUT2D eigenvalue weighted by atomic mass is 32.2. The lowest BCUT2D eigenvalue weighted by Crippen LogP contribution is -2.45. The fourth-order valence-corrected chi connectivity index (χ4v) is 5.22. The van der Waals surface area contributed by atoms with Gasteiger partial charge in [0.2, 0.25) is 0 Å². The first-order valence-electron chi connectivity index (χ1n) is 12.5. The zero-order chi connectivity index (χ0) is 26.5. The van der Waals surface area contributed by atoms with Gasteiger partial charge in [-0.25, -0.2) is 14.6 Å². The number of carbonyl (C=O) groups is 2. The van der Waals surface area contributed by atoms with Crippen molar-refractivity contribution in [2.75, 3.05) is 33.3 Å². The van der Waals surface area contributed by atoms with Gasteiger partial charge in [0.25, 0.3) is 0 Å². The van der Waals surface area contributed by atoms with Crippen LogP contribution in [0.25, 0.3) is 0 Å². The molecule has 2 aromatic carbocycles. The second kappa shape index (κ2) is 15.1. The number of likely N-dealkylation sites (tertiary alicyclic amines) is 1. The fraction of sp³-hybridized carbons (Fsp3) is 0.393. The van der Waals surface area contributed by atoms with Gasteiger partial charge in [0.1, 0.15) is 5.75 Å². The van der Waals surface area contributed by atoms with Crippen molar-refractivity contribution in [1.82, 2.24) is 9.80 Å². The van der Waals surface area contributed by atoms with E-state index in [9.17, 15) is 9.59 Å². The molecule has 0 aliphatic carbocycles. The Hall–Kier alpha value is -3.30. The maximum absolute atomic E-state index is 9.55. The summed E-state index contributed by atoms with van der Waals surface area (Å²) in [6, 6.07) is 19.2. The average Bonchev–Trinajstić information content (AvgIpc) is 2.92. The van der Waals surface area contributed by atoms with Crippen LogP contribution in [0.2, 0.25) is 0 Å². The summed E-state index contributed by atoms with van der Waals surface area (Å²) in [5.41, 5.74) is 2.49. The molecule has 0 spiro atoms. The summed E-state index contributed by atoms with van der Waals surface area (Å²) in [5, 5.41) is 16.8. The van der Waals surface area contributed by atoms with Gasteiger partial charge in [0.15, 0.2) is 5.17 Å². The second-order valence-corrected chi connectivity index (χ2v) is 9.82. The van der Waals surface area contributed by atoms with E-state index in [0.717, 1.165) is 30.2 Å². The van der Waals surface area contributed by atoms with Crippen molar-refractivity contribution in [2.24, 2.45) is 4.99 Å². The molecule has 0 bridgehead atoms. The minimum absolute atomic E-state index is 0.558. The van der Waals surface area contributed by atoms with Gasteiger partial charge in [-0.2, -0.15) is 0 Å². The van der Waals surface area contributed by atoms with E-state index in [1.807, 2.05) is 42.1 Å². The minimum Gasteiger partial charge on any atom is -0.494 e. The smallest absolute Gasteiger partial charge is 0.328 e. The van der Waals surface area contributed by atoms with E-state index < -0.39 is 11.9 Å². The van der Waals surface area contributed by atoms with Crippen molar-refractivity contribution < 1.29 is 24.5 Å². The molecule has 0 atom stereocenters. The fourth-order valence-electron chi connectivity index (χ4n) is 4.17. The summed E-state index contributed by atoms with van der Waals surface area (Å²) in [5.74, 6) is -0.509. The van der Waals surface area contributed by atoms with E-state index in [2.05, 4.69) is 41.1 Å². The van der Waals surface area contributed by atoms with Crippen LogP contribution in [-0.4, -0.2) is 76.4 Å². The van der Waals surface area contributed by atoms with Crippen LogP contribution < -0.4 is 4.74 Å². The number of aliphatic imine (C=N–C) groups is 1. The normalized spacial score (nSPS) is 15.8. The number of ether oxygens (including phenoxy) is 1. The Morgan fingerprint density at radius 1 is 1.03 bits per heavy atom. The van der Waals surface area contributed by atoms with Gasteiger partial charge in [0.05, 0.1) is 12.3 Å². The van der Waals surface area contributed by atoms with Crippen LogP contribution in [-0.2, 0) is 15.3 Å². The van der Waals surface area contributed by atoms with Crippen molar-refractivity contribution in [2.45, 2.75) is 37.5 Å². The van der Waals surface area contributed by atoms with E-state index in [1.165, 1.54) is 49.6 Å². The summed E-state index contributed by atoms with van der Waals surface area (Å²) in [6.45, 7) is 4.35. The quantitative estimate of drug-likeness (QED) is 0.353. The number of para-hydroxylation sites is 2. The number of amidine groups is 1. The number of nitrogens with zero attached hydrogens (tertiary/aromatic N) is 3. The third-order valence-corrected chi connectivity index (χ3v) is 7.31. The second-order valence-electron chi connectivity index (χ2n) is 8.87. The monoisotopic (exact) mass is 525 g/mol. The van der Waals surface area contributed by atoms with Crippen LogP contribution in [0, 0.1) is 0 Å². The number of benzene rings is 2. The summed E-state index contributed by atoms with van der Waals surface area (Å²) in [6.07, 6.45) is 5.87. The predicted octanol–water partition coefficient (Wildman–Crippen LogP) is 4.89. The molecule has 2 aliphatic rings. The van der Waals surface area contributed by atoms with Crippen molar-refractivity contribution >= 4 is 34.6 Å². The van der Waals surface area contributed by atoms with Crippen molar-refractivity contribution in [3.8, 4) is 5.75 Å². The van der Waals surface area contributed by atoms with Crippen molar-refractivity contribution in [1.29, 1.82) is 0 Å². The van der Waals surface area contributed by atoms with Crippen molar-refractivity contribution in [3.05, 3.63) is 72.3 Å². The number of rotatable bonds is 9. The Kier molecular flexibility index (Phi) is 11.5. The topological polar surface area (TPSA) is 103 Å². The molecule has 0 radical (unpaired) electrons. The molecular formula is C28H35N3O5S. The maximum Gasteiger partial charge on any atom is 0.328 e. The zero-order valence-corrected chi connectivity index (χ0v) is 22.0. The molecule has 2 aliphatic heterocycles. The first-order valence-corrected chi connectivity index (χ1v) is 13.5. The van der Waals surface area contributed by atoms with Crippen molar-refractivity contribution in [3.63, 3.8) is 0 Å². The number of hydrogen-bond acceptors (Lipinski definition) is 7. The first kappa shape index (κ1) is 28.3. The molecule has 37 heavy (non-hydrogen) atoms. The van der Waals surface area contributed by atoms with Crippen LogP contribution in [0.15, 0.2) is 71.7 Å². The van der Waals surface area contributed by atoms with Crippen LogP contribution in [0.4, 0.5) is 5.69 Å². The minimum atomic E-state index is -1.26. The molecule has 0 amide bonds. The largest absolute Gasteiger partial charge is 0.494 e. The Labute approximate surface area is 222 Å².